The van der Waals surface area contributed by atoms with Crippen molar-refractivity contribution in [2.75, 3.05) is 35.9 Å². The molecule has 1 aromatic carbocycles. The number of hydrogen-bond donors (Lipinski definition) is 2. The SMILES string of the molecule is O=S(=O)(O)Nc1ccccc1N1CCOCC1. The van der Waals surface area contributed by atoms with Gasteiger partial charge in [0.05, 0.1) is 24.6 Å². The lowest BCUT2D eigenvalue weighted by Gasteiger charge is -2.30. The van der Waals surface area contributed by atoms with E-state index in [0.717, 1.165) is 5.69 Å². The molecule has 1 fully saturated rings. The second kappa shape index (κ2) is 4.91. The lowest BCUT2D eigenvalue weighted by atomic mass is 10.2. The van der Waals surface area contributed by atoms with Crippen LogP contribution in [0.1, 0.15) is 0 Å². The van der Waals surface area contributed by atoms with Crippen LogP contribution in [0.4, 0.5) is 11.4 Å². The molecule has 1 saturated heterocycles. The fourth-order valence-electron chi connectivity index (χ4n) is 1.78. The van der Waals surface area contributed by atoms with Crippen LogP contribution in [0.5, 0.6) is 0 Å². The van der Waals surface area contributed by atoms with E-state index in [1.807, 2.05) is 11.0 Å². The summed E-state index contributed by atoms with van der Waals surface area (Å²) < 4.78 is 37.8. The molecule has 1 aliphatic rings. The van der Waals surface area contributed by atoms with E-state index in [1.54, 1.807) is 18.2 Å². The van der Waals surface area contributed by atoms with Crippen molar-refractivity contribution >= 4 is 21.7 Å². The molecule has 0 bridgehead atoms. The summed E-state index contributed by atoms with van der Waals surface area (Å²) in [5, 5.41) is 0. The molecule has 7 heteroatoms. The first kappa shape index (κ1) is 12.2. The third-order valence-corrected chi connectivity index (χ3v) is 2.97. The van der Waals surface area contributed by atoms with Gasteiger partial charge in [0.15, 0.2) is 0 Å². The normalized spacial score (nSPS) is 16.9. The third kappa shape index (κ3) is 3.32. The molecular formula is C10H14N2O4S. The first-order valence-corrected chi connectivity index (χ1v) is 6.67. The number of benzene rings is 1. The van der Waals surface area contributed by atoms with Crippen LogP contribution in [0.3, 0.4) is 0 Å². The van der Waals surface area contributed by atoms with E-state index in [-0.39, 0.29) is 0 Å². The van der Waals surface area contributed by atoms with E-state index < -0.39 is 10.3 Å². The van der Waals surface area contributed by atoms with Gasteiger partial charge >= 0.3 is 10.3 Å². The van der Waals surface area contributed by atoms with Gasteiger partial charge in [-0.1, -0.05) is 12.1 Å². The van der Waals surface area contributed by atoms with Crippen LogP contribution >= 0.6 is 0 Å². The van der Waals surface area contributed by atoms with E-state index in [1.165, 1.54) is 0 Å². The quantitative estimate of drug-likeness (QED) is 0.782. The summed E-state index contributed by atoms with van der Waals surface area (Å²) in [7, 11) is -4.25. The number of morpholine rings is 1. The highest BCUT2D eigenvalue weighted by molar-refractivity contribution is 7.87. The summed E-state index contributed by atoms with van der Waals surface area (Å²) in [5.74, 6) is 0. The monoisotopic (exact) mass is 258 g/mol. The van der Waals surface area contributed by atoms with Gasteiger partial charge < -0.3 is 9.64 Å². The minimum atomic E-state index is -4.25. The average molecular weight is 258 g/mol. The number of ether oxygens (including phenoxy) is 1. The van der Waals surface area contributed by atoms with Crippen molar-refractivity contribution in [2.45, 2.75) is 0 Å². The molecular weight excluding hydrogens is 244 g/mol. The van der Waals surface area contributed by atoms with Gasteiger partial charge in [-0.05, 0) is 12.1 Å². The molecule has 0 aliphatic carbocycles. The Morgan fingerprint density at radius 3 is 2.53 bits per heavy atom. The van der Waals surface area contributed by atoms with Crippen LogP contribution < -0.4 is 9.62 Å². The van der Waals surface area contributed by atoms with Gasteiger partial charge in [0.1, 0.15) is 0 Å². The van der Waals surface area contributed by atoms with Crippen molar-refractivity contribution < 1.29 is 17.7 Å². The van der Waals surface area contributed by atoms with E-state index >= 15 is 0 Å². The van der Waals surface area contributed by atoms with Gasteiger partial charge in [0.25, 0.3) is 0 Å². The van der Waals surface area contributed by atoms with Crippen LogP contribution in [0.2, 0.25) is 0 Å². The first-order chi connectivity index (χ1) is 8.06. The van der Waals surface area contributed by atoms with Crippen LogP contribution in [0.15, 0.2) is 24.3 Å². The lowest BCUT2D eigenvalue weighted by Crippen LogP contribution is -2.36. The van der Waals surface area contributed by atoms with E-state index in [9.17, 15) is 8.42 Å². The zero-order chi connectivity index (χ0) is 12.3. The van der Waals surface area contributed by atoms with Crippen LogP contribution in [-0.4, -0.2) is 39.3 Å². The van der Waals surface area contributed by atoms with Crippen molar-refractivity contribution in [3.8, 4) is 0 Å². The number of nitrogens with one attached hydrogen (secondary N) is 1. The van der Waals surface area contributed by atoms with E-state index in [0.29, 0.717) is 32.0 Å². The molecule has 1 aliphatic heterocycles. The molecule has 0 atom stereocenters. The van der Waals surface area contributed by atoms with Gasteiger partial charge in [-0.25, -0.2) is 0 Å². The molecule has 94 valence electrons. The molecule has 0 unspecified atom stereocenters. The highest BCUT2D eigenvalue weighted by Gasteiger charge is 2.16. The highest BCUT2D eigenvalue weighted by Crippen LogP contribution is 2.26. The van der Waals surface area contributed by atoms with Gasteiger partial charge in [0.2, 0.25) is 0 Å². The third-order valence-electron chi connectivity index (χ3n) is 2.49. The standard InChI is InChI=1S/C10H14N2O4S/c13-17(14,15)11-9-3-1-2-4-10(9)12-5-7-16-8-6-12/h1-4,11H,5-8H2,(H,13,14,15). The Kier molecular flexibility index (Phi) is 3.51. The van der Waals surface area contributed by atoms with E-state index in [2.05, 4.69) is 4.72 Å². The molecule has 0 aromatic heterocycles. The second-order valence-electron chi connectivity index (χ2n) is 3.69. The zero-order valence-electron chi connectivity index (χ0n) is 9.17. The topological polar surface area (TPSA) is 78.9 Å². The number of hydrogen-bond acceptors (Lipinski definition) is 4. The van der Waals surface area contributed by atoms with Crippen molar-refractivity contribution in [3.63, 3.8) is 0 Å². The Hall–Kier alpha value is -1.31. The Labute approximate surface area is 100 Å². The molecule has 17 heavy (non-hydrogen) atoms. The fraction of sp³-hybridized carbons (Fsp3) is 0.400. The maximum absolute atomic E-state index is 10.8. The van der Waals surface area contributed by atoms with Gasteiger partial charge in [-0.3, -0.25) is 9.27 Å². The van der Waals surface area contributed by atoms with Crippen molar-refractivity contribution in [1.82, 2.24) is 0 Å². The molecule has 0 spiro atoms. The molecule has 1 aromatic rings. The Bertz CT molecular complexity index is 483. The van der Waals surface area contributed by atoms with Gasteiger partial charge in [-0.2, -0.15) is 8.42 Å². The smallest absolute Gasteiger partial charge is 0.357 e. The molecule has 6 nitrogen and oxygen atoms in total. The molecule has 0 saturated carbocycles. The molecule has 0 radical (unpaired) electrons. The summed E-state index contributed by atoms with van der Waals surface area (Å²) in [6, 6.07) is 6.94. The molecule has 0 amide bonds. The Morgan fingerprint density at radius 1 is 1.24 bits per heavy atom. The number of para-hydroxylation sites is 2. The number of rotatable bonds is 3. The fourth-order valence-corrected chi connectivity index (χ4v) is 2.23. The minimum absolute atomic E-state index is 0.372. The maximum atomic E-state index is 10.8. The van der Waals surface area contributed by atoms with Crippen LogP contribution in [0.25, 0.3) is 0 Å². The van der Waals surface area contributed by atoms with Crippen molar-refractivity contribution in [2.24, 2.45) is 0 Å². The largest absolute Gasteiger partial charge is 0.378 e. The Balaban J connectivity index is 2.26. The zero-order valence-corrected chi connectivity index (χ0v) is 9.98. The lowest BCUT2D eigenvalue weighted by molar-refractivity contribution is 0.123. The molecule has 2 N–H and O–H groups in total. The summed E-state index contributed by atoms with van der Waals surface area (Å²) >= 11 is 0. The predicted octanol–water partition coefficient (Wildman–Crippen LogP) is 0.738. The summed E-state index contributed by atoms with van der Waals surface area (Å²) in [6.07, 6.45) is 0. The highest BCUT2D eigenvalue weighted by atomic mass is 32.2. The van der Waals surface area contributed by atoms with Crippen LogP contribution in [-0.2, 0) is 15.0 Å². The maximum Gasteiger partial charge on any atom is 0.357 e. The van der Waals surface area contributed by atoms with Crippen molar-refractivity contribution in [1.29, 1.82) is 0 Å². The summed E-state index contributed by atoms with van der Waals surface area (Å²) in [4.78, 5) is 2.01. The molecule has 2 rings (SSSR count). The second-order valence-corrected chi connectivity index (χ2v) is 4.85. The molecule has 1 heterocycles. The van der Waals surface area contributed by atoms with Crippen molar-refractivity contribution in [3.05, 3.63) is 24.3 Å². The summed E-state index contributed by atoms with van der Waals surface area (Å²) in [5.41, 5.74) is 1.12. The van der Waals surface area contributed by atoms with Crippen LogP contribution in [0, 0.1) is 0 Å². The van der Waals surface area contributed by atoms with Gasteiger partial charge in [-0.15, -0.1) is 0 Å². The predicted molar refractivity (Wildman–Crippen MR) is 64.6 cm³/mol. The van der Waals surface area contributed by atoms with E-state index in [4.69, 9.17) is 9.29 Å². The number of anilines is 2. The first-order valence-electron chi connectivity index (χ1n) is 5.23. The average Bonchev–Trinajstić information content (AvgIpc) is 2.29. The Morgan fingerprint density at radius 2 is 1.88 bits per heavy atom. The number of nitrogens with zero attached hydrogens (tertiary/aromatic N) is 1. The minimum Gasteiger partial charge on any atom is -0.378 e. The summed E-state index contributed by atoms with van der Waals surface area (Å²) in [6.45, 7) is 2.62. The van der Waals surface area contributed by atoms with Gasteiger partial charge in [0, 0.05) is 13.1 Å².